The fourth-order valence-electron chi connectivity index (χ4n) is 2.04. The van der Waals surface area contributed by atoms with Crippen molar-refractivity contribution in [3.05, 3.63) is 33.1 Å². The second-order valence-electron chi connectivity index (χ2n) is 4.27. The van der Waals surface area contributed by atoms with E-state index < -0.39 is 0 Å². The quantitative estimate of drug-likeness (QED) is 0.830. The molecule has 17 heavy (non-hydrogen) atoms. The van der Waals surface area contributed by atoms with Crippen molar-refractivity contribution in [2.75, 3.05) is 19.6 Å². The largest absolute Gasteiger partial charge is 0.338 e. The zero-order valence-electron chi connectivity index (χ0n) is 9.33. The molecule has 1 amide bonds. The Morgan fingerprint density at radius 1 is 1.59 bits per heavy atom. The molecule has 1 unspecified atom stereocenters. The number of hydrogen-bond acceptors (Lipinski definition) is 2. The molecule has 2 N–H and O–H groups in total. The van der Waals surface area contributed by atoms with Gasteiger partial charge < -0.3 is 10.6 Å². The fraction of sp³-hybridized carbons (Fsp3) is 0.417. The molecule has 2 rings (SSSR count). The van der Waals surface area contributed by atoms with E-state index in [0.29, 0.717) is 28.1 Å². The molecule has 1 saturated heterocycles. The summed E-state index contributed by atoms with van der Waals surface area (Å²) in [6, 6.07) is 4.26. The summed E-state index contributed by atoms with van der Waals surface area (Å²) < 4.78 is 13.6. The van der Waals surface area contributed by atoms with Crippen molar-refractivity contribution in [1.82, 2.24) is 4.90 Å². The standard InChI is InChI=1S/C12H14FIN2O/c13-9-1-2-10(11(14)5-9)12(17)16-4-3-8(6-15)7-16/h1-2,5,8H,3-4,6-7,15H2. The molecular weight excluding hydrogens is 334 g/mol. The summed E-state index contributed by atoms with van der Waals surface area (Å²) in [6.07, 6.45) is 0.958. The van der Waals surface area contributed by atoms with Gasteiger partial charge in [0.05, 0.1) is 5.56 Å². The number of benzene rings is 1. The Labute approximate surface area is 113 Å². The van der Waals surface area contributed by atoms with Crippen LogP contribution in [0, 0.1) is 15.3 Å². The Balaban J connectivity index is 2.15. The van der Waals surface area contributed by atoms with Crippen molar-refractivity contribution in [2.24, 2.45) is 11.7 Å². The van der Waals surface area contributed by atoms with Gasteiger partial charge in [-0.15, -0.1) is 0 Å². The number of nitrogens with zero attached hydrogens (tertiary/aromatic N) is 1. The lowest BCUT2D eigenvalue weighted by Gasteiger charge is -2.17. The molecular formula is C12H14FIN2O. The van der Waals surface area contributed by atoms with Gasteiger partial charge in [0.15, 0.2) is 0 Å². The van der Waals surface area contributed by atoms with Crippen molar-refractivity contribution in [2.45, 2.75) is 6.42 Å². The van der Waals surface area contributed by atoms with E-state index in [1.54, 1.807) is 11.0 Å². The highest BCUT2D eigenvalue weighted by Gasteiger charge is 2.26. The van der Waals surface area contributed by atoms with Crippen LogP contribution in [0.3, 0.4) is 0 Å². The number of rotatable bonds is 2. The van der Waals surface area contributed by atoms with Crippen LogP contribution in [0.2, 0.25) is 0 Å². The van der Waals surface area contributed by atoms with Crippen LogP contribution in [0.4, 0.5) is 4.39 Å². The molecule has 5 heteroatoms. The summed E-state index contributed by atoms with van der Waals surface area (Å²) in [4.78, 5) is 14.0. The molecule has 0 spiro atoms. The van der Waals surface area contributed by atoms with Crippen molar-refractivity contribution in [3.63, 3.8) is 0 Å². The van der Waals surface area contributed by atoms with Gasteiger partial charge in [-0.3, -0.25) is 4.79 Å². The van der Waals surface area contributed by atoms with Crippen molar-refractivity contribution < 1.29 is 9.18 Å². The smallest absolute Gasteiger partial charge is 0.254 e. The van der Waals surface area contributed by atoms with Crippen LogP contribution in [0.5, 0.6) is 0 Å². The van der Waals surface area contributed by atoms with Crippen molar-refractivity contribution in [3.8, 4) is 0 Å². The lowest BCUT2D eigenvalue weighted by Crippen LogP contribution is -2.30. The van der Waals surface area contributed by atoms with Gasteiger partial charge in [0.1, 0.15) is 5.82 Å². The normalized spacial score (nSPS) is 19.7. The van der Waals surface area contributed by atoms with E-state index in [-0.39, 0.29) is 11.7 Å². The first-order valence-corrected chi connectivity index (χ1v) is 6.64. The van der Waals surface area contributed by atoms with E-state index in [9.17, 15) is 9.18 Å². The van der Waals surface area contributed by atoms with Gasteiger partial charge in [-0.05, 0) is 59.7 Å². The molecule has 1 aliphatic heterocycles. The molecule has 0 radical (unpaired) electrons. The maximum Gasteiger partial charge on any atom is 0.254 e. The minimum Gasteiger partial charge on any atom is -0.338 e. The number of likely N-dealkylation sites (tertiary alicyclic amines) is 1. The second kappa shape index (κ2) is 5.30. The van der Waals surface area contributed by atoms with Crippen LogP contribution in [-0.4, -0.2) is 30.4 Å². The van der Waals surface area contributed by atoms with Gasteiger partial charge in [-0.1, -0.05) is 0 Å². The number of hydrogen-bond donors (Lipinski definition) is 1. The molecule has 1 atom stereocenters. The summed E-state index contributed by atoms with van der Waals surface area (Å²) in [6.45, 7) is 2.07. The van der Waals surface area contributed by atoms with Gasteiger partial charge in [0.2, 0.25) is 0 Å². The highest BCUT2D eigenvalue weighted by atomic mass is 127. The van der Waals surface area contributed by atoms with Crippen LogP contribution in [0.1, 0.15) is 16.8 Å². The summed E-state index contributed by atoms with van der Waals surface area (Å²) >= 11 is 1.99. The van der Waals surface area contributed by atoms with Crippen LogP contribution in [-0.2, 0) is 0 Å². The number of halogens is 2. The van der Waals surface area contributed by atoms with Crippen molar-refractivity contribution >= 4 is 28.5 Å². The second-order valence-corrected chi connectivity index (χ2v) is 5.43. The molecule has 1 aliphatic rings. The Kier molecular flexibility index (Phi) is 3.98. The predicted molar refractivity (Wildman–Crippen MR) is 72.2 cm³/mol. The van der Waals surface area contributed by atoms with Gasteiger partial charge in [0, 0.05) is 16.7 Å². The molecule has 1 aromatic carbocycles. The van der Waals surface area contributed by atoms with Crippen LogP contribution >= 0.6 is 22.6 Å². The minimum absolute atomic E-state index is 0.0228. The van der Waals surface area contributed by atoms with Crippen molar-refractivity contribution in [1.29, 1.82) is 0 Å². The van der Waals surface area contributed by atoms with E-state index in [4.69, 9.17) is 5.73 Å². The van der Waals surface area contributed by atoms with E-state index in [0.717, 1.165) is 13.0 Å². The Hall–Kier alpha value is -0.690. The summed E-state index contributed by atoms with van der Waals surface area (Å²) in [5.74, 6) is 0.0645. The molecule has 1 aromatic rings. The van der Waals surface area contributed by atoms with Crippen LogP contribution in [0.15, 0.2) is 18.2 Å². The molecule has 0 aromatic heterocycles. The van der Waals surface area contributed by atoms with Gasteiger partial charge in [-0.25, -0.2) is 4.39 Å². The lowest BCUT2D eigenvalue weighted by atomic mass is 10.1. The van der Waals surface area contributed by atoms with E-state index in [1.165, 1.54) is 12.1 Å². The third kappa shape index (κ3) is 2.77. The van der Waals surface area contributed by atoms with Gasteiger partial charge >= 0.3 is 0 Å². The zero-order chi connectivity index (χ0) is 12.4. The van der Waals surface area contributed by atoms with E-state index in [1.807, 2.05) is 22.6 Å². The Bertz CT molecular complexity index is 439. The molecule has 1 heterocycles. The first-order chi connectivity index (χ1) is 8.11. The van der Waals surface area contributed by atoms with Gasteiger partial charge in [-0.2, -0.15) is 0 Å². The SMILES string of the molecule is NCC1CCN(C(=O)c2ccc(F)cc2I)C1. The number of carbonyl (C=O) groups excluding carboxylic acids is 1. The third-order valence-electron chi connectivity index (χ3n) is 3.07. The van der Waals surface area contributed by atoms with E-state index >= 15 is 0 Å². The first-order valence-electron chi connectivity index (χ1n) is 5.56. The molecule has 0 saturated carbocycles. The predicted octanol–water partition coefficient (Wildman–Crippen LogP) is 1.85. The maximum absolute atomic E-state index is 13.0. The molecule has 92 valence electrons. The average molecular weight is 348 g/mol. The lowest BCUT2D eigenvalue weighted by molar-refractivity contribution is 0.0786. The van der Waals surface area contributed by atoms with E-state index in [2.05, 4.69) is 0 Å². The molecule has 0 bridgehead atoms. The van der Waals surface area contributed by atoms with Gasteiger partial charge in [0.25, 0.3) is 5.91 Å². The summed E-state index contributed by atoms with van der Waals surface area (Å²) in [5, 5.41) is 0. The fourth-order valence-corrected chi connectivity index (χ4v) is 2.75. The average Bonchev–Trinajstić information content (AvgIpc) is 2.76. The molecule has 3 nitrogen and oxygen atoms in total. The monoisotopic (exact) mass is 348 g/mol. The molecule has 1 fully saturated rings. The zero-order valence-corrected chi connectivity index (χ0v) is 11.5. The Morgan fingerprint density at radius 2 is 2.35 bits per heavy atom. The highest BCUT2D eigenvalue weighted by Crippen LogP contribution is 2.21. The third-order valence-corrected chi connectivity index (χ3v) is 3.96. The van der Waals surface area contributed by atoms with Crippen LogP contribution in [0.25, 0.3) is 0 Å². The minimum atomic E-state index is -0.313. The topological polar surface area (TPSA) is 46.3 Å². The molecule has 0 aliphatic carbocycles. The summed E-state index contributed by atoms with van der Waals surface area (Å²) in [5.41, 5.74) is 6.17. The maximum atomic E-state index is 13.0. The highest BCUT2D eigenvalue weighted by molar-refractivity contribution is 14.1. The van der Waals surface area contributed by atoms with Crippen LogP contribution < -0.4 is 5.73 Å². The number of amides is 1. The summed E-state index contributed by atoms with van der Waals surface area (Å²) in [7, 11) is 0. The first kappa shape index (κ1) is 12.8. The number of nitrogens with two attached hydrogens (primary N) is 1. The Morgan fingerprint density at radius 3 is 2.94 bits per heavy atom. The number of carbonyl (C=O) groups is 1.